The Morgan fingerprint density at radius 2 is 1.71 bits per heavy atom. The van der Waals surface area contributed by atoms with Crippen molar-refractivity contribution < 1.29 is 0 Å². The largest absolute Gasteiger partial charge is 0.384 e. The van der Waals surface area contributed by atoms with E-state index in [1.54, 1.807) is 0 Å². The Labute approximate surface area is 105 Å². The van der Waals surface area contributed by atoms with Crippen LogP contribution in [0.15, 0.2) is 0 Å². The molecule has 0 saturated carbocycles. The second-order valence-electron chi connectivity index (χ2n) is 6.58. The number of hydrogen-bond donors (Lipinski definition) is 1. The van der Waals surface area contributed by atoms with Gasteiger partial charge in [0.1, 0.15) is 11.6 Å². The lowest BCUT2D eigenvalue weighted by Gasteiger charge is -2.22. The second kappa shape index (κ2) is 4.71. The Hall–Kier alpha value is -0.990. The average molecular weight is 237 g/mol. The maximum Gasteiger partial charge on any atom is 0.127 e. The van der Waals surface area contributed by atoms with Gasteiger partial charge in [-0.1, -0.05) is 34.6 Å². The summed E-state index contributed by atoms with van der Waals surface area (Å²) in [6.07, 6.45) is 0.953. The SMILES string of the molecule is CC(C)Cc1nc(C(C)(C)C)n(C(C)C)c1N. The first-order chi connectivity index (χ1) is 7.64. The van der Waals surface area contributed by atoms with E-state index in [4.69, 9.17) is 10.7 Å². The first-order valence-electron chi connectivity index (χ1n) is 6.51. The molecule has 0 bridgehead atoms. The van der Waals surface area contributed by atoms with E-state index in [1.807, 2.05) is 0 Å². The van der Waals surface area contributed by atoms with Gasteiger partial charge in [-0.2, -0.15) is 0 Å². The number of nitrogen functional groups attached to an aromatic ring is 1. The zero-order valence-electron chi connectivity index (χ0n) is 12.3. The maximum atomic E-state index is 6.25. The number of hydrogen-bond acceptors (Lipinski definition) is 2. The Morgan fingerprint density at radius 1 is 1.18 bits per heavy atom. The molecule has 0 saturated heterocycles. The van der Waals surface area contributed by atoms with Crippen molar-refractivity contribution in [2.75, 3.05) is 5.73 Å². The van der Waals surface area contributed by atoms with Gasteiger partial charge in [0, 0.05) is 11.5 Å². The minimum absolute atomic E-state index is 0.0353. The molecule has 3 nitrogen and oxygen atoms in total. The van der Waals surface area contributed by atoms with E-state index in [2.05, 4.69) is 53.0 Å². The molecule has 0 radical (unpaired) electrons. The van der Waals surface area contributed by atoms with Crippen LogP contribution in [0.3, 0.4) is 0 Å². The predicted octanol–water partition coefficient (Wildman–Crippen LogP) is 3.54. The molecule has 98 valence electrons. The van der Waals surface area contributed by atoms with Crippen LogP contribution >= 0.6 is 0 Å². The molecule has 0 amide bonds. The fourth-order valence-corrected chi connectivity index (χ4v) is 2.08. The van der Waals surface area contributed by atoms with Crippen molar-refractivity contribution in [1.82, 2.24) is 9.55 Å². The summed E-state index contributed by atoms with van der Waals surface area (Å²) in [6, 6.07) is 0.359. The van der Waals surface area contributed by atoms with Gasteiger partial charge in [-0.25, -0.2) is 4.98 Å². The smallest absolute Gasteiger partial charge is 0.127 e. The molecule has 0 aromatic carbocycles. The van der Waals surface area contributed by atoms with E-state index in [0.29, 0.717) is 12.0 Å². The molecule has 3 heteroatoms. The van der Waals surface area contributed by atoms with Crippen molar-refractivity contribution in [1.29, 1.82) is 0 Å². The van der Waals surface area contributed by atoms with Gasteiger partial charge >= 0.3 is 0 Å². The fraction of sp³-hybridized carbons (Fsp3) is 0.786. The van der Waals surface area contributed by atoms with Gasteiger partial charge in [0.05, 0.1) is 5.69 Å². The van der Waals surface area contributed by atoms with Crippen LogP contribution in [0.5, 0.6) is 0 Å². The standard InChI is InChI=1S/C14H27N3/c1-9(2)8-11-12(15)17(10(3)4)13(16-11)14(5,6)7/h9-10H,8,15H2,1-7H3. The van der Waals surface area contributed by atoms with Crippen LogP contribution in [-0.2, 0) is 11.8 Å². The normalized spacial score (nSPS) is 12.8. The van der Waals surface area contributed by atoms with Gasteiger partial charge in [-0.3, -0.25) is 0 Å². The van der Waals surface area contributed by atoms with Crippen LogP contribution in [0.2, 0.25) is 0 Å². The highest BCUT2D eigenvalue weighted by molar-refractivity contribution is 5.40. The molecular formula is C14H27N3. The van der Waals surface area contributed by atoms with Crippen LogP contribution < -0.4 is 5.73 Å². The molecule has 1 rings (SSSR count). The molecule has 0 atom stereocenters. The number of aromatic nitrogens is 2. The molecule has 0 unspecified atom stereocenters. The van der Waals surface area contributed by atoms with Crippen molar-refractivity contribution in [3.8, 4) is 0 Å². The average Bonchev–Trinajstić information content (AvgIpc) is 2.42. The lowest BCUT2D eigenvalue weighted by Crippen LogP contribution is -2.21. The number of nitrogens with two attached hydrogens (primary N) is 1. The first-order valence-corrected chi connectivity index (χ1v) is 6.51. The van der Waals surface area contributed by atoms with Crippen molar-refractivity contribution >= 4 is 5.82 Å². The van der Waals surface area contributed by atoms with Crippen molar-refractivity contribution in [2.24, 2.45) is 5.92 Å². The van der Waals surface area contributed by atoms with Crippen LogP contribution in [0, 0.1) is 5.92 Å². The minimum Gasteiger partial charge on any atom is -0.384 e. The molecule has 17 heavy (non-hydrogen) atoms. The number of rotatable bonds is 3. The molecule has 1 aromatic heterocycles. The third kappa shape index (κ3) is 3.02. The zero-order valence-corrected chi connectivity index (χ0v) is 12.3. The van der Waals surface area contributed by atoms with E-state index in [9.17, 15) is 0 Å². The van der Waals surface area contributed by atoms with Crippen molar-refractivity contribution in [2.45, 2.75) is 66.3 Å². The predicted molar refractivity (Wildman–Crippen MR) is 74.3 cm³/mol. The number of anilines is 1. The lowest BCUT2D eigenvalue weighted by molar-refractivity contribution is 0.472. The molecule has 0 aliphatic carbocycles. The lowest BCUT2D eigenvalue weighted by atomic mass is 9.95. The summed E-state index contributed by atoms with van der Waals surface area (Å²) in [4.78, 5) is 4.78. The van der Waals surface area contributed by atoms with Gasteiger partial charge in [-0.15, -0.1) is 0 Å². The molecule has 1 aromatic rings. The topological polar surface area (TPSA) is 43.8 Å². The Bertz CT molecular complexity index is 381. The maximum absolute atomic E-state index is 6.25. The van der Waals surface area contributed by atoms with Crippen molar-refractivity contribution in [3.63, 3.8) is 0 Å². The highest BCUT2D eigenvalue weighted by Gasteiger charge is 2.26. The Kier molecular flexibility index (Phi) is 3.90. The Morgan fingerprint density at radius 3 is 2.00 bits per heavy atom. The number of imidazole rings is 1. The van der Waals surface area contributed by atoms with Crippen LogP contribution in [-0.4, -0.2) is 9.55 Å². The third-order valence-corrected chi connectivity index (χ3v) is 2.81. The van der Waals surface area contributed by atoms with Crippen LogP contribution in [0.25, 0.3) is 0 Å². The summed E-state index contributed by atoms with van der Waals surface area (Å²) in [7, 11) is 0. The van der Waals surface area contributed by atoms with Gasteiger partial charge < -0.3 is 10.3 Å². The molecule has 0 aliphatic rings. The third-order valence-electron chi connectivity index (χ3n) is 2.81. The first kappa shape index (κ1) is 14.1. The summed E-state index contributed by atoms with van der Waals surface area (Å²) in [5.41, 5.74) is 7.34. The molecule has 1 heterocycles. The fourth-order valence-electron chi connectivity index (χ4n) is 2.08. The van der Waals surface area contributed by atoms with Gasteiger partial charge in [0.2, 0.25) is 0 Å². The van der Waals surface area contributed by atoms with Gasteiger partial charge in [0.15, 0.2) is 0 Å². The summed E-state index contributed by atoms with van der Waals surface area (Å²) in [5, 5.41) is 0. The molecule has 0 spiro atoms. The monoisotopic (exact) mass is 237 g/mol. The highest BCUT2D eigenvalue weighted by Crippen LogP contribution is 2.30. The summed E-state index contributed by atoms with van der Waals surface area (Å²) >= 11 is 0. The van der Waals surface area contributed by atoms with E-state index in [0.717, 1.165) is 23.8 Å². The molecule has 0 fully saturated rings. The molecule has 0 aliphatic heterocycles. The van der Waals surface area contributed by atoms with Crippen LogP contribution in [0.4, 0.5) is 5.82 Å². The highest BCUT2D eigenvalue weighted by atomic mass is 15.2. The quantitative estimate of drug-likeness (QED) is 0.873. The van der Waals surface area contributed by atoms with E-state index in [1.165, 1.54) is 0 Å². The zero-order chi connectivity index (χ0) is 13.4. The van der Waals surface area contributed by atoms with E-state index in [-0.39, 0.29) is 5.41 Å². The van der Waals surface area contributed by atoms with Crippen molar-refractivity contribution in [3.05, 3.63) is 11.5 Å². The molecule has 2 N–H and O–H groups in total. The Balaban J connectivity index is 3.30. The summed E-state index contributed by atoms with van der Waals surface area (Å²) in [6.45, 7) is 15.3. The molecular weight excluding hydrogens is 210 g/mol. The van der Waals surface area contributed by atoms with E-state index >= 15 is 0 Å². The summed E-state index contributed by atoms with van der Waals surface area (Å²) in [5.74, 6) is 2.53. The van der Waals surface area contributed by atoms with E-state index < -0.39 is 0 Å². The van der Waals surface area contributed by atoms with Crippen LogP contribution in [0.1, 0.15) is 66.0 Å². The van der Waals surface area contributed by atoms with Gasteiger partial charge in [0.25, 0.3) is 0 Å². The number of nitrogens with zero attached hydrogens (tertiary/aromatic N) is 2. The minimum atomic E-state index is 0.0353. The second-order valence-corrected chi connectivity index (χ2v) is 6.58. The van der Waals surface area contributed by atoms with Gasteiger partial charge in [-0.05, 0) is 26.2 Å². The summed E-state index contributed by atoms with van der Waals surface area (Å²) < 4.78 is 2.18.